The highest BCUT2D eigenvalue weighted by Gasteiger charge is 2.26. The first-order valence-electron chi connectivity index (χ1n) is 9.79. The molecular weight excluding hydrogens is 362 g/mol. The number of nitrogens with zero attached hydrogens (tertiary/aromatic N) is 1. The van der Waals surface area contributed by atoms with E-state index in [4.69, 9.17) is 9.47 Å². The molecule has 1 aromatic rings. The molecule has 0 spiro atoms. The number of carbonyl (C=O) groups excluding carboxylic acids is 1. The molecule has 2 aliphatic rings. The lowest BCUT2D eigenvalue weighted by Gasteiger charge is -2.39. The van der Waals surface area contributed by atoms with Gasteiger partial charge in [-0.2, -0.15) is 11.8 Å². The third-order valence-corrected chi connectivity index (χ3v) is 6.61. The van der Waals surface area contributed by atoms with E-state index in [1.54, 1.807) is 20.3 Å². The average Bonchev–Trinajstić information content (AvgIpc) is 2.73. The van der Waals surface area contributed by atoms with Crippen LogP contribution in [0.5, 0.6) is 11.5 Å². The van der Waals surface area contributed by atoms with Gasteiger partial charge < -0.3 is 25.0 Å². The highest BCUT2D eigenvalue weighted by atomic mass is 32.2. The zero-order valence-electron chi connectivity index (χ0n) is 16.3. The summed E-state index contributed by atoms with van der Waals surface area (Å²) >= 11 is 2.08. The Balaban J connectivity index is 1.42. The molecule has 0 aromatic heterocycles. The summed E-state index contributed by atoms with van der Waals surface area (Å²) in [5.41, 5.74) is 0.610. The van der Waals surface area contributed by atoms with E-state index in [0.717, 1.165) is 32.0 Å². The molecular formula is C20H31N3O3S. The van der Waals surface area contributed by atoms with Gasteiger partial charge in [0.05, 0.1) is 19.9 Å². The maximum atomic E-state index is 12.3. The minimum atomic E-state index is -0.201. The zero-order chi connectivity index (χ0) is 19.1. The lowest BCUT2D eigenvalue weighted by atomic mass is 9.94. The van der Waals surface area contributed by atoms with Crippen molar-refractivity contribution in [2.24, 2.45) is 5.92 Å². The summed E-state index contributed by atoms with van der Waals surface area (Å²) in [4.78, 5) is 15.0. The van der Waals surface area contributed by atoms with Gasteiger partial charge in [-0.15, -0.1) is 0 Å². The number of urea groups is 1. The van der Waals surface area contributed by atoms with Gasteiger partial charge in [-0.25, -0.2) is 4.79 Å². The highest BCUT2D eigenvalue weighted by molar-refractivity contribution is 7.99. The van der Waals surface area contributed by atoms with Crippen LogP contribution in [0.1, 0.15) is 25.7 Å². The molecule has 2 aliphatic heterocycles. The molecule has 6 nitrogen and oxygen atoms in total. The first kappa shape index (κ1) is 20.1. The molecule has 7 heteroatoms. The first-order chi connectivity index (χ1) is 13.2. The molecule has 2 saturated heterocycles. The van der Waals surface area contributed by atoms with Crippen molar-refractivity contribution in [1.29, 1.82) is 0 Å². The van der Waals surface area contributed by atoms with Gasteiger partial charge in [-0.1, -0.05) is 6.07 Å². The number of ether oxygens (including phenoxy) is 2. The molecule has 0 bridgehead atoms. The fourth-order valence-electron chi connectivity index (χ4n) is 3.96. The van der Waals surface area contributed by atoms with Gasteiger partial charge >= 0.3 is 6.03 Å². The molecule has 0 aliphatic carbocycles. The van der Waals surface area contributed by atoms with Gasteiger partial charge in [-0.3, -0.25) is 0 Å². The Kier molecular flexibility index (Phi) is 7.52. The summed E-state index contributed by atoms with van der Waals surface area (Å²) in [5, 5.41) is 5.88. The number of hydrogen-bond acceptors (Lipinski definition) is 5. The standard InChI is InChI=1S/C20H31N3O3S/c1-25-18-5-3-4-17(19(18)26-2)22-20(24)21-14-15-6-10-23(11-7-15)16-8-12-27-13-9-16/h3-5,15-16H,6-14H2,1-2H3,(H2,21,22,24). The molecule has 27 heavy (non-hydrogen) atoms. The van der Waals surface area contributed by atoms with Gasteiger partial charge in [0.15, 0.2) is 11.5 Å². The molecule has 2 amide bonds. The molecule has 0 saturated carbocycles. The first-order valence-corrected chi connectivity index (χ1v) is 10.9. The molecule has 1 aromatic carbocycles. The number of piperidine rings is 1. The lowest BCUT2D eigenvalue weighted by molar-refractivity contribution is 0.125. The van der Waals surface area contributed by atoms with E-state index in [0.29, 0.717) is 29.6 Å². The van der Waals surface area contributed by atoms with E-state index in [1.807, 2.05) is 12.1 Å². The topological polar surface area (TPSA) is 62.8 Å². The van der Waals surface area contributed by atoms with Crippen LogP contribution in [0.3, 0.4) is 0 Å². The Hall–Kier alpha value is -1.60. The predicted molar refractivity (Wildman–Crippen MR) is 111 cm³/mol. The van der Waals surface area contributed by atoms with Crippen molar-refractivity contribution in [3.05, 3.63) is 18.2 Å². The smallest absolute Gasteiger partial charge is 0.319 e. The van der Waals surface area contributed by atoms with E-state index in [1.165, 1.54) is 24.3 Å². The zero-order valence-corrected chi connectivity index (χ0v) is 17.1. The number of likely N-dealkylation sites (tertiary alicyclic amines) is 1. The number of carbonyl (C=O) groups is 1. The average molecular weight is 394 g/mol. The van der Waals surface area contributed by atoms with Crippen molar-refractivity contribution in [1.82, 2.24) is 10.2 Å². The summed E-state index contributed by atoms with van der Waals surface area (Å²) in [7, 11) is 3.15. The Morgan fingerprint density at radius 3 is 2.56 bits per heavy atom. The van der Waals surface area contributed by atoms with Crippen LogP contribution in [0.4, 0.5) is 10.5 Å². The Bertz CT molecular complexity index is 614. The van der Waals surface area contributed by atoms with E-state index in [9.17, 15) is 4.79 Å². The number of thioether (sulfide) groups is 1. The van der Waals surface area contributed by atoms with E-state index in [2.05, 4.69) is 27.3 Å². The van der Waals surface area contributed by atoms with Crippen LogP contribution in [-0.4, -0.2) is 62.3 Å². The maximum Gasteiger partial charge on any atom is 0.319 e. The van der Waals surface area contributed by atoms with Crippen LogP contribution in [0, 0.1) is 5.92 Å². The fourth-order valence-corrected chi connectivity index (χ4v) is 5.04. The second-order valence-corrected chi connectivity index (χ2v) is 8.42. The third kappa shape index (κ3) is 5.45. The van der Waals surface area contributed by atoms with Crippen molar-refractivity contribution < 1.29 is 14.3 Å². The molecule has 0 unspecified atom stereocenters. The minimum absolute atomic E-state index is 0.201. The summed E-state index contributed by atoms with van der Waals surface area (Å²) in [6.07, 6.45) is 4.98. The Labute approximate surface area is 166 Å². The number of nitrogens with one attached hydrogen (secondary N) is 2. The summed E-state index contributed by atoms with van der Waals surface area (Å²) in [5.74, 6) is 4.30. The van der Waals surface area contributed by atoms with Gasteiger partial charge in [0.25, 0.3) is 0 Å². The second kappa shape index (κ2) is 10.1. The molecule has 2 heterocycles. The van der Waals surface area contributed by atoms with Gasteiger partial charge in [0.2, 0.25) is 0 Å². The van der Waals surface area contributed by atoms with Crippen molar-refractivity contribution in [2.75, 3.05) is 50.7 Å². The van der Waals surface area contributed by atoms with Crippen molar-refractivity contribution >= 4 is 23.5 Å². The maximum absolute atomic E-state index is 12.3. The fraction of sp³-hybridized carbons (Fsp3) is 0.650. The molecule has 2 fully saturated rings. The second-order valence-electron chi connectivity index (χ2n) is 7.20. The number of hydrogen-bond donors (Lipinski definition) is 2. The van der Waals surface area contributed by atoms with Gasteiger partial charge in [0.1, 0.15) is 0 Å². The van der Waals surface area contributed by atoms with Crippen LogP contribution in [-0.2, 0) is 0 Å². The minimum Gasteiger partial charge on any atom is -0.493 e. The van der Waals surface area contributed by atoms with E-state index < -0.39 is 0 Å². The molecule has 150 valence electrons. The van der Waals surface area contributed by atoms with E-state index in [-0.39, 0.29) is 6.03 Å². The van der Waals surface area contributed by atoms with Crippen LogP contribution >= 0.6 is 11.8 Å². The number of anilines is 1. The van der Waals surface area contributed by atoms with Crippen molar-refractivity contribution in [3.63, 3.8) is 0 Å². The summed E-state index contributed by atoms with van der Waals surface area (Å²) in [6, 6.07) is 6.02. The molecule has 3 rings (SSSR count). The van der Waals surface area contributed by atoms with E-state index >= 15 is 0 Å². The van der Waals surface area contributed by atoms with Crippen LogP contribution in [0.15, 0.2) is 18.2 Å². The predicted octanol–water partition coefficient (Wildman–Crippen LogP) is 3.43. The summed E-state index contributed by atoms with van der Waals surface area (Å²) in [6.45, 7) is 3.03. The monoisotopic (exact) mass is 393 g/mol. The SMILES string of the molecule is COc1cccc(NC(=O)NCC2CCN(C3CCSCC3)CC2)c1OC. The van der Waals surface area contributed by atoms with Crippen LogP contribution in [0.25, 0.3) is 0 Å². The number of methoxy groups -OCH3 is 2. The van der Waals surface area contributed by atoms with Gasteiger partial charge in [-0.05, 0) is 68.3 Å². The molecule has 0 atom stereocenters. The van der Waals surface area contributed by atoms with Crippen molar-refractivity contribution in [2.45, 2.75) is 31.7 Å². The van der Waals surface area contributed by atoms with Crippen LogP contribution in [0.2, 0.25) is 0 Å². The number of amides is 2. The highest BCUT2D eigenvalue weighted by Crippen LogP contribution is 2.34. The quantitative estimate of drug-likeness (QED) is 0.775. The lowest BCUT2D eigenvalue weighted by Crippen LogP contribution is -2.45. The third-order valence-electron chi connectivity index (χ3n) is 5.56. The van der Waals surface area contributed by atoms with Crippen molar-refractivity contribution in [3.8, 4) is 11.5 Å². The Morgan fingerprint density at radius 1 is 1.15 bits per heavy atom. The van der Waals surface area contributed by atoms with Gasteiger partial charge in [0, 0.05) is 12.6 Å². The largest absolute Gasteiger partial charge is 0.493 e. The summed E-state index contributed by atoms with van der Waals surface area (Å²) < 4.78 is 10.6. The normalized spacial score (nSPS) is 19.5. The number of rotatable bonds is 6. The number of para-hydroxylation sites is 1. The number of benzene rings is 1. The Morgan fingerprint density at radius 2 is 1.89 bits per heavy atom. The molecule has 2 N–H and O–H groups in total. The molecule has 0 radical (unpaired) electrons. The van der Waals surface area contributed by atoms with Crippen LogP contribution < -0.4 is 20.1 Å².